The predicted molar refractivity (Wildman–Crippen MR) is 56.6 cm³/mol. The van der Waals surface area contributed by atoms with Gasteiger partial charge < -0.3 is 4.98 Å². The summed E-state index contributed by atoms with van der Waals surface area (Å²) in [5.74, 6) is 0. The summed E-state index contributed by atoms with van der Waals surface area (Å²) >= 11 is 1.79. The third kappa shape index (κ3) is 1.24. The molecule has 1 heterocycles. The Labute approximate surface area is 83.1 Å². The summed E-state index contributed by atoms with van der Waals surface area (Å²) in [7, 11) is 0. The number of nitrogens with one attached hydrogen (secondary N) is 1. The zero-order valence-electron chi connectivity index (χ0n) is 6.17. The summed E-state index contributed by atoms with van der Waals surface area (Å²) in [6.07, 6.45) is 1.87. The van der Waals surface area contributed by atoms with E-state index in [1.165, 1.54) is 0 Å². The fourth-order valence-corrected chi connectivity index (χ4v) is 1.51. The van der Waals surface area contributed by atoms with Crippen molar-refractivity contribution in [3.05, 3.63) is 36.0 Å². The van der Waals surface area contributed by atoms with Gasteiger partial charge in [-0.2, -0.15) is 0 Å². The van der Waals surface area contributed by atoms with E-state index in [9.17, 15) is 4.79 Å². The number of H-pyrrole nitrogens is 1. The van der Waals surface area contributed by atoms with Crippen molar-refractivity contribution in [2.75, 3.05) is 0 Å². The van der Waals surface area contributed by atoms with Crippen LogP contribution in [0.4, 0.5) is 0 Å². The lowest BCUT2D eigenvalue weighted by atomic mass is 10.2. The van der Waals surface area contributed by atoms with Gasteiger partial charge in [0, 0.05) is 39.9 Å². The molecule has 0 radical (unpaired) electrons. The van der Waals surface area contributed by atoms with Gasteiger partial charge in [0.1, 0.15) is 0 Å². The van der Waals surface area contributed by atoms with Crippen molar-refractivity contribution in [1.29, 1.82) is 0 Å². The molecule has 1 aromatic heterocycles. The van der Waals surface area contributed by atoms with Crippen molar-refractivity contribution in [2.45, 2.75) is 0 Å². The van der Waals surface area contributed by atoms with Crippen LogP contribution in [0.3, 0.4) is 0 Å². The van der Waals surface area contributed by atoms with Gasteiger partial charge in [0.05, 0.1) is 0 Å². The lowest BCUT2D eigenvalue weighted by molar-refractivity contribution is 0.110. The Morgan fingerprint density at radius 1 is 1.33 bits per heavy atom. The van der Waals surface area contributed by atoms with Crippen LogP contribution in [0.15, 0.2) is 30.5 Å². The lowest BCUT2D eigenvalue weighted by Crippen LogP contribution is -1.85. The topological polar surface area (TPSA) is 32.9 Å². The molecule has 0 fully saturated rings. The van der Waals surface area contributed by atoms with E-state index in [-0.39, 0.29) is 3.79 Å². The number of benzene rings is 1. The van der Waals surface area contributed by atoms with Crippen LogP contribution >= 0.6 is 22.6 Å². The molecule has 2 rings (SSSR count). The summed E-state index contributed by atoms with van der Waals surface area (Å²) in [5.41, 5.74) is 1.75. The van der Waals surface area contributed by atoms with Crippen molar-refractivity contribution in [1.82, 2.24) is 4.98 Å². The third-order valence-electron chi connectivity index (χ3n) is 1.78. The molecule has 0 saturated carbocycles. The first-order valence-corrected chi connectivity index (χ1v) is 4.62. The SMILES string of the molecule is O=C(I)c1ccc2cc[nH]c2c1. The number of halogens is 1. The van der Waals surface area contributed by atoms with Crippen molar-refractivity contribution < 1.29 is 4.79 Å². The number of hydrogen-bond donors (Lipinski definition) is 1. The van der Waals surface area contributed by atoms with Crippen LogP contribution in [0.1, 0.15) is 10.4 Å². The Bertz CT molecular complexity index is 433. The van der Waals surface area contributed by atoms with Crippen LogP contribution in [-0.4, -0.2) is 8.77 Å². The van der Waals surface area contributed by atoms with Crippen LogP contribution in [0.2, 0.25) is 0 Å². The second-order valence-corrected chi connectivity index (χ2v) is 3.53. The van der Waals surface area contributed by atoms with Crippen molar-refractivity contribution >= 4 is 37.3 Å². The van der Waals surface area contributed by atoms with Crippen molar-refractivity contribution in [3.63, 3.8) is 0 Å². The normalized spacial score (nSPS) is 10.4. The van der Waals surface area contributed by atoms with E-state index in [0.29, 0.717) is 0 Å². The fourth-order valence-electron chi connectivity index (χ4n) is 1.17. The number of fused-ring (bicyclic) bond motifs is 1. The first-order valence-electron chi connectivity index (χ1n) is 3.54. The number of hydrogen-bond acceptors (Lipinski definition) is 1. The molecule has 60 valence electrons. The Hall–Kier alpha value is -0.840. The minimum Gasteiger partial charge on any atom is -0.361 e. The van der Waals surface area contributed by atoms with E-state index in [2.05, 4.69) is 4.98 Å². The van der Waals surface area contributed by atoms with E-state index in [4.69, 9.17) is 0 Å². The first kappa shape index (κ1) is 7.79. The standard InChI is InChI=1S/C9H6INO/c10-9(12)7-2-1-6-3-4-11-8(6)5-7/h1-5,11H. The van der Waals surface area contributed by atoms with Gasteiger partial charge >= 0.3 is 0 Å². The summed E-state index contributed by atoms with van der Waals surface area (Å²) in [5, 5.41) is 1.14. The molecular formula is C9H6INO. The Kier molecular flexibility index (Phi) is 1.88. The first-order chi connectivity index (χ1) is 5.77. The fraction of sp³-hybridized carbons (Fsp3) is 0. The summed E-state index contributed by atoms with van der Waals surface area (Å²) in [6.45, 7) is 0. The molecule has 0 amide bonds. The van der Waals surface area contributed by atoms with Gasteiger partial charge in [0.2, 0.25) is 3.79 Å². The van der Waals surface area contributed by atoms with E-state index >= 15 is 0 Å². The molecule has 0 unspecified atom stereocenters. The Balaban J connectivity index is 2.68. The summed E-state index contributed by atoms with van der Waals surface area (Å²) < 4.78 is 0.0732. The maximum absolute atomic E-state index is 11.0. The van der Waals surface area contributed by atoms with Gasteiger partial charge in [0.25, 0.3) is 0 Å². The minimum absolute atomic E-state index is 0.0732. The second kappa shape index (κ2) is 2.90. The molecule has 0 bridgehead atoms. The molecule has 0 spiro atoms. The summed E-state index contributed by atoms with van der Waals surface area (Å²) in [4.78, 5) is 14.0. The third-order valence-corrected chi connectivity index (χ3v) is 2.40. The summed E-state index contributed by atoms with van der Waals surface area (Å²) in [6, 6.07) is 7.63. The molecular weight excluding hydrogens is 265 g/mol. The van der Waals surface area contributed by atoms with E-state index in [1.54, 1.807) is 22.6 Å². The molecule has 1 N–H and O–H groups in total. The maximum Gasteiger partial charge on any atom is 0.222 e. The Morgan fingerprint density at radius 3 is 2.92 bits per heavy atom. The smallest absolute Gasteiger partial charge is 0.222 e. The average molecular weight is 271 g/mol. The molecule has 0 aliphatic carbocycles. The van der Waals surface area contributed by atoms with Crippen LogP contribution in [0.5, 0.6) is 0 Å². The van der Waals surface area contributed by atoms with Gasteiger partial charge in [-0.25, -0.2) is 0 Å². The molecule has 2 aromatic rings. The maximum atomic E-state index is 11.0. The molecule has 0 aliphatic heterocycles. The number of carbonyl (C=O) groups excluding carboxylic acids is 1. The highest BCUT2D eigenvalue weighted by Gasteiger charge is 2.01. The molecule has 2 nitrogen and oxygen atoms in total. The predicted octanol–water partition coefficient (Wildman–Crippen LogP) is 2.74. The quantitative estimate of drug-likeness (QED) is 0.627. The zero-order chi connectivity index (χ0) is 8.55. The van der Waals surface area contributed by atoms with Gasteiger partial charge in [-0.3, -0.25) is 4.79 Å². The monoisotopic (exact) mass is 271 g/mol. The number of aromatic amines is 1. The van der Waals surface area contributed by atoms with Crippen molar-refractivity contribution in [2.24, 2.45) is 0 Å². The average Bonchev–Trinajstić information content (AvgIpc) is 2.49. The van der Waals surface area contributed by atoms with Gasteiger partial charge in [-0.1, -0.05) is 6.07 Å². The van der Waals surface area contributed by atoms with Crippen LogP contribution < -0.4 is 0 Å². The highest BCUT2D eigenvalue weighted by molar-refractivity contribution is 14.1. The molecule has 0 aliphatic rings. The number of rotatable bonds is 1. The van der Waals surface area contributed by atoms with Gasteiger partial charge in [0.15, 0.2) is 0 Å². The van der Waals surface area contributed by atoms with E-state index in [0.717, 1.165) is 16.5 Å². The van der Waals surface area contributed by atoms with Crippen LogP contribution in [-0.2, 0) is 0 Å². The highest BCUT2D eigenvalue weighted by atomic mass is 127. The van der Waals surface area contributed by atoms with Gasteiger partial charge in [-0.05, 0) is 23.6 Å². The van der Waals surface area contributed by atoms with Gasteiger partial charge in [-0.15, -0.1) is 0 Å². The minimum atomic E-state index is 0.0732. The molecule has 1 aromatic carbocycles. The van der Waals surface area contributed by atoms with Crippen LogP contribution in [0.25, 0.3) is 10.9 Å². The Morgan fingerprint density at radius 2 is 2.17 bits per heavy atom. The largest absolute Gasteiger partial charge is 0.361 e. The molecule has 12 heavy (non-hydrogen) atoms. The number of aromatic nitrogens is 1. The van der Waals surface area contributed by atoms with E-state index in [1.807, 2.05) is 30.5 Å². The lowest BCUT2D eigenvalue weighted by Gasteiger charge is -1.93. The van der Waals surface area contributed by atoms with Crippen LogP contribution in [0, 0.1) is 0 Å². The molecule has 0 saturated heterocycles. The highest BCUT2D eigenvalue weighted by Crippen LogP contribution is 2.15. The molecule has 3 heteroatoms. The second-order valence-electron chi connectivity index (χ2n) is 2.55. The molecule has 0 atom stereocenters. The van der Waals surface area contributed by atoms with E-state index < -0.39 is 0 Å². The van der Waals surface area contributed by atoms with Crippen molar-refractivity contribution in [3.8, 4) is 0 Å². The number of carbonyl (C=O) groups is 1. The zero-order valence-corrected chi connectivity index (χ0v) is 8.33.